The van der Waals surface area contributed by atoms with E-state index in [0.717, 1.165) is 12.1 Å². The molecule has 0 fully saturated rings. The third kappa shape index (κ3) is 2.72. The fourth-order valence-electron chi connectivity index (χ4n) is 1.83. The average Bonchev–Trinajstić information content (AvgIpc) is 2.37. The van der Waals surface area contributed by atoms with Gasteiger partial charge in [-0.15, -0.1) is 0 Å². The first kappa shape index (κ1) is 14.3. The number of benzene rings is 1. The Morgan fingerprint density at radius 2 is 1.85 bits per heavy atom. The number of rotatable bonds is 2. The summed E-state index contributed by atoms with van der Waals surface area (Å²) in [7, 11) is 0. The molecule has 0 aliphatic heterocycles. The van der Waals surface area contributed by atoms with E-state index in [0.29, 0.717) is 6.07 Å². The molecule has 0 saturated carbocycles. The van der Waals surface area contributed by atoms with Crippen molar-refractivity contribution in [3.63, 3.8) is 0 Å². The van der Waals surface area contributed by atoms with Gasteiger partial charge in [-0.2, -0.15) is 13.2 Å². The van der Waals surface area contributed by atoms with Gasteiger partial charge in [0.05, 0.1) is 5.56 Å². The summed E-state index contributed by atoms with van der Waals surface area (Å²) in [5.74, 6) is -1.03. The topological polar surface area (TPSA) is 59.1 Å². The van der Waals surface area contributed by atoms with Crippen LogP contribution in [-0.4, -0.2) is 10.1 Å². The normalized spacial score (nSPS) is 13.2. The molecule has 0 aliphatic carbocycles. The van der Waals surface area contributed by atoms with Crippen LogP contribution in [0.4, 0.5) is 23.2 Å². The first-order chi connectivity index (χ1) is 9.30. The molecule has 0 aliphatic rings. The lowest BCUT2D eigenvalue weighted by Crippen LogP contribution is -2.14. The highest BCUT2D eigenvalue weighted by molar-refractivity contribution is 5.50. The van der Waals surface area contributed by atoms with Crippen LogP contribution < -0.4 is 5.73 Å². The number of alkyl halides is 3. The molecule has 0 spiro atoms. The van der Waals surface area contributed by atoms with E-state index in [2.05, 4.69) is 4.98 Å². The zero-order valence-electron chi connectivity index (χ0n) is 10.0. The van der Waals surface area contributed by atoms with Crippen LogP contribution in [0.25, 0.3) is 0 Å². The van der Waals surface area contributed by atoms with Crippen molar-refractivity contribution in [2.45, 2.75) is 12.3 Å². The monoisotopic (exact) mass is 286 g/mol. The molecule has 0 bridgehead atoms. The second-order valence-electron chi connectivity index (χ2n) is 4.14. The summed E-state index contributed by atoms with van der Waals surface area (Å²) in [5.41, 5.74) is 4.01. The molecule has 1 aromatic heterocycles. The Balaban J connectivity index is 2.56. The van der Waals surface area contributed by atoms with Crippen LogP contribution in [0, 0.1) is 5.82 Å². The van der Waals surface area contributed by atoms with E-state index in [-0.39, 0.29) is 11.3 Å². The molecule has 1 unspecified atom stereocenters. The van der Waals surface area contributed by atoms with Crippen molar-refractivity contribution in [3.8, 4) is 0 Å². The minimum absolute atomic E-state index is 0.0320. The minimum atomic E-state index is -4.78. The first-order valence-corrected chi connectivity index (χ1v) is 5.55. The van der Waals surface area contributed by atoms with E-state index < -0.39 is 29.2 Å². The quantitative estimate of drug-likeness (QED) is 0.834. The highest BCUT2D eigenvalue weighted by Crippen LogP contribution is 2.37. The second-order valence-corrected chi connectivity index (χ2v) is 4.14. The van der Waals surface area contributed by atoms with Crippen LogP contribution in [0.5, 0.6) is 0 Å². The second kappa shape index (κ2) is 5.09. The number of nitrogens with two attached hydrogens (primary N) is 1. The molecule has 20 heavy (non-hydrogen) atoms. The van der Waals surface area contributed by atoms with Crippen LogP contribution in [-0.2, 0) is 6.18 Å². The Morgan fingerprint density at radius 1 is 1.15 bits per heavy atom. The number of hydrogen-bond acceptors (Lipinski definition) is 3. The molecule has 1 atom stereocenters. The Labute approximate surface area is 111 Å². The molecule has 106 valence electrons. The number of aromatic nitrogens is 1. The van der Waals surface area contributed by atoms with Gasteiger partial charge in [0.2, 0.25) is 0 Å². The summed E-state index contributed by atoms with van der Waals surface area (Å²) >= 11 is 0. The van der Waals surface area contributed by atoms with Crippen LogP contribution in [0.3, 0.4) is 0 Å². The summed E-state index contributed by atoms with van der Waals surface area (Å²) in [6.07, 6.45) is -3.90. The van der Waals surface area contributed by atoms with Crippen molar-refractivity contribution in [3.05, 3.63) is 59.2 Å². The number of halogens is 4. The molecule has 0 saturated heterocycles. The highest BCUT2D eigenvalue weighted by atomic mass is 19.4. The van der Waals surface area contributed by atoms with E-state index >= 15 is 0 Å². The molecular weight excluding hydrogens is 276 g/mol. The predicted molar refractivity (Wildman–Crippen MR) is 64.1 cm³/mol. The number of nitrogen functional groups attached to an aromatic ring is 1. The van der Waals surface area contributed by atoms with Gasteiger partial charge >= 0.3 is 6.18 Å². The average molecular weight is 286 g/mol. The van der Waals surface area contributed by atoms with Crippen molar-refractivity contribution in [1.82, 2.24) is 4.98 Å². The number of pyridine rings is 1. The van der Waals surface area contributed by atoms with Crippen molar-refractivity contribution in [2.75, 3.05) is 5.73 Å². The summed E-state index contributed by atoms with van der Waals surface area (Å²) < 4.78 is 51.6. The van der Waals surface area contributed by atoms with Gasteiger partial charge < -0.3 is 10.8 Å². The maximum Gasteiger partial charge on any atom is 0.416 e. The van der Waals surface area contributed by atoms with Crippen LogP contribution >= 0.6 is 0 Å². The van der Waals surface area contributed by atoms with E-state index in [1.807, 2.05) is 0 Å². The van der Waals surface area contributed by atoms with Crippen molar-refractivity contribution >= 4 is 5.69 Å². The molecule has 0 amide bonds. The minimum Gasteiger partial charge on any atom is -0.398 e. The van der Waals surface area contributed by atoms with Gasteiger partial charge in [0, 0.05) is 23.6 Å². The van der Waals surface area contributed by atoms with Crippen LogP contribution in [0.2, 0.25) is 0 Å². The number of anilines is 1. The third-order valence-corrected chi connectivity index (χ3v) is 2.80. The van der Waals surface area contributed by atoms with Crippen LogP contribution in [0.1, 0.15) is 22.8 Å². The lowest BCUT2D eigenvalue weighted by Gasteiger charge is -2.18. The SMILES string of the molecule is Nc1ccncc1C(O)c1ccc(F)cc1C(F)(F)F. The van der Waals surface area contributed by atoms with E-state index in [1.54, 1.807) is 0 Å². The van der Waals surface area contributed by atoms with E-state index in [1.165, 1.54) is 18.5 Å². The summed E-state index contributed by atoms with van der Waals surface area (Å²) in [4.78, 5) is 3.71. The number of nitrogens with zero attached hydrogens (tertiary/aromatic N) is 1. The predicted octanol–water partition coefficient (Wildman–Crippen LogP) is 2.90. The Hall–Kier alpha value is -2.15. The fraction of sp³-hybridized carbons (Fsp3) is 0.154. The third-order valence-electron chi connectivity index (χ3n) is 2.80. The molecule has 3 N–H and O–H groups in total. The zero-order valence-corrected chi connectivity index (χ0v) is 10.0. The maximum absolute atomic E-state index is 13.0. The summed E-state index contributed by atoms with van der Waals surface area (Å²) in [6, 6.07) is 3.43. The zero-order chi connectivity index (χ0) is 14.9. The van der Waals surface area contributed by atoms with Gasteiger partial charge in [0.25, 0.3) is 0 Å². The molecule has 7 heteroatoms. The molecule has 2 rings (SSSR count). The maximum atomic E-state index is 13.0. The largest absolute Gasteiger partial charge is 0.416 e. The van der Waals surface area contributed by atoms with E-state index in [4.69, 9.17) is 5.73 Å². The summed E-state index contributed by atoms with van der Waals surface area (Å²) in [5, 5.41) is 10.1. The van der Waals surface area contributed by atoms with Gasteiger partial charge in [0.1, 0.15) is 11.9 Å². The lowest BCUT2D eigenvalue weighted by atomic mass is 9.96. The van der Waals surface area contributed by atoms with Gasteiger partial charge in [-0.1, -0.05) is 6.07 Å². The van der Waals surface area contributed by atoms with Gasteiger partial charge in [-0.25, -0.2) is 4.39 Å². The van der Waals surface area contributed by atoms with Crippen molar-refractivity contribution < 1.29 is 22.7 Å². The molecule has 3 nitrogen and oxygen atoms in total. The standard InChI is InChI=1S/C13H10F4N2O/c14-7-1-2-8(10(5-7)13(15,16)17)12(20)9-6-19-4-3-11(9)18/h1-6,12,20H,(H2,18,19). The van der Waals surface area contributed by atoms with Gasteiger partial charge in [-0.3, -0.25) is 4.98 Å². The Kier molecular flexibility index (Phi) is 3.63. The number of aliphatic hydroxyl groups is 1. The molecule has 1 heterocycles. The van der Waals surface area contributed by atoms with Gasteiger partial charge in [-0.05, 0) is 23.8 Å². The number of hydrogen-bond donors (Lipinski definition) is 2. The van der Waals surface area contributed by atoms with Crippen molar-refractivity contribution in [1.29, 1.82) is 0 Å². The summed E-state index contributed by atoms with van der Waals surface area (Å²) in [6.45, 7) is 0. The first-order valence-electron chi connectivity index (χ1n) is 5.55. The smallest absolute Gasteiger partial charge is 0.398 e. The Morgan fingerprint density at radius 3 is 2.45 bits per heavy atom. The fourth-order valence-corrected chi connectivity index (χ4v) is 1.83. The molecular formula is C13H10F4N2O. The molecule has 0 radical (unpaired) electrons. The van der Waals surface area contributed by atoms with E-state index in [9.17, 15) is 22.7 Å². The lowest BCUT2D eigenvalue weighted by molar-refractivity contribution is -0.139. The van der Waals surface area contributed by atoms with Crippen molar-refractivity contribution in [2.24, 2.45) is 0 Å². The Bertz CT molecular complexity index is 628. The highest BCUT2D eigenvalue weighted by Gasteiger charge is 2.36. The molecule has 2 aromatic rings. The van der Waals surface area contributed by atoms with Crippen LogP contribution in [0.15, 0.2) is 36.7 Å². The van der Waals surface area contributed by atoms with Gasteiger partial charge in [0.15, 0.2) is 0 Å². The molecule has 1 aromatic carbocycles. The number of aliphatic hydroxyl groups excluding tert-OH is 1.